The van der Waals surface area contributed by atoms with Crippen molar-refractivity contribution < 1.29 is 9.84 Å². The van der Waals surface area contributed by atoms with Crippen molar-refractivity contribution in [2.45, 2.75) is 25.4 Å². The molecule has 1 saturated heterocycles. The van der Waals surface area contributed by atoms with Crippen LogP contribution in [0.2, 0.25) is 0 Å². The first-order valence-electron chi connectivity index (χ1n) is 6.90. The van der Waals surface area contributed by atoms with Crippen molar-refractivity contribution in [3.05, 3.63) is 40.7 Å². The van der Waals surface area contributed by atoms with E-state index < -0.39 is 0 Å². The van der Waals surface area contributed by atoms with Crippen molar-refractivity contribution in [3.63, 3.8) is 0 Å². The quantitative estimate of drug-likeness (QED) is 0.804. The first kappa shape index (κ1) is 12.7. The van der Waals surface area contributed by atoms with Gasteiger partial charge in [0, 0.05) is 13.0 Å². The summed E-state index contributed by atoms with van der Waals surface area (Å²) in [4.78, 5) is 0.788. The van der Waals surface area contributed by atoms with E-state index in [1.807, 2.05) is 12.1 Å². The number of aromatic hydroxyl groups is 1. The molecule has 0 bridgehead atoms. The molecule has 3 heterocycles. The van der Waals surface area contributed by atoms with E-state index in [1.165, 1.54) is 11.3 Å². The molecule has 1 aromatic carbocycles. The van der Waals surface area contributed by atoms with Crippen LogP contribution in [0.25, 0.3) is 4.96 Å². The lowest BCUT2D eigenvalue weighted by molar-refractivity contribution is 0.103. The van der Waals surface area contributed by atoms with Crippen LogP contribution < -0.4 is 0 Å². The van der Waals surface area contributed by atoms with E-state index in [4.69, 9.17) is 4.74 Å². The molecule has 4 rings (SSSR count). The van der Waals surface area contributed by atoms with E-state index in [-0.39, 0.29) is 11.9 Å². The maximum absolute atomic E-state index is 9.52. The summed E-state index contributed by atoms with van der Waals surface area (Å²) in [5, 5.41) is 23.4. The Morgan fingerprint density at radius 1 is 1.38 bits per heavy atom. The Labute approximate surface area is 125 Å². The van der Waals surface area contributed by atoms with Gasteiger partial charge in [0.25, 0.3) is 0 Å². The van der Waals surface area contributed by atoms with Gasteiger partial charge >= 0.3 is 0 Å². The van der Waals surface area contributed by atoms with Crippen molar-refractivity contribution >= 4 is 16.3 Å². The van der Waals surface area contributed by atoms with Gasteiger partial charge in [-0.1, -0.05) is 23.5 Å². The van der Waals surface area contributed by atoms with Gasteiger partial charge in [0.1, 0.15) is 16.9 Å². The summed E-state index contributed by atoms with van der Waals surface area (Å²) >= 11 is 1.52. The minimum atomic E-state index is 0.00993. The van der Waals surface area contributed by atoms with Crippen LogP contribution in [0, 0.1) is 0 Å². The SMILES string of the molecule is Oc1cccc(Cc2nn3c(C4CCCO4)nnc3s2)c1. The molecule has 21 heavy (non-hydrogen) atoms. The third kappa shape index (κ3) is 2.38. The van der Waals surface area contributed by atoms with Gasteiger partial charge in [-0.05, 0) is 30.5 Å². The van der Waals surface area contributed by atoms with Crippen LogP contribution in [-0.2, 0) is 11.2 Å². The summed E-state index contributed by atoms with van der Waals surface area (Å²) in [5.41, 5.74) is 1.03. The van der Waals surface area contributed by atoms with Crippen LogP contribution >= 0.6 is 11.3 Å². The second-order valence-electron chi connectivity index (χ2n) is 5.10. The Morgan fingerprint density at radius 2 is 2.33 bits per heavy atom. The van der Waals surface area contributed by atoms with E-state index in [9.17, 15) is 5.11 Å². The van der Waals surface area contributed by atoms with Crippen LogP contribution in [-0.4, -0.2) is 31.5 Å². The Morgan fingerprint density at radius 3 is 3.14 bits per heavy atom. The number of ether oxygens (including phenoxy) is 1. The lowest BCUT2D eigenvalue weighted by atomic mass is 10.1. The monoisotopic (exact) mass is 302 g/mol. The Balaban J connectivity index is 1.64. The maximum atomic E-state index is 9.52. The molecule has 6 nitrogen and oxygen atoms in total. The smallest absolute Gasteiger partial charge is 0.234 e. The number of phenolic OH excluding ortho intramolecular Hbond substituents is 1. The fraction of sp³-hybridized carbons (Fsp3) is 0.357. The highest BCUT2D eigenvalue weighted by molar-refractivity contribution is 7.16. The third-order valence-electron chi connectivity index (χ3n) is 3.54. The molecule has 1 N–H and O–H groups in total. The zero-order valence-electron chi connectivity index (χ0n) is 11.3. The molecule has 1 aliphatic heterocycles. The largest absolute Gasteiger partial charge is 0.508 e. The zero-order chi connectivity index (χ0) is 14.2. The average molecular weight is 302 g/mol. The fourth-order valence-corrected chi connectivity index (χ4v) is 3.44. The van der Waals surface area contributed by atoms with Gasteiger partial charge in [-0.2, -0.15) is 9.61 Å². The summed E-state index contributed by atoms with van der Waals surface area (Å²) in [5.74, 6) is 1.07. The standard InChI is InChI=1S/C14H14N4O2S/c19-10-4-1-3-9(7-10)8-12-17-18-13(11-5-2-6-20-11)15-16-14(18)21-12/h1,3-4,7,11,19H,2,5-6,8H2. The predicted octanol–water partition coefficient (Wildman–Crippen LogP) is 2.33. The van der Waals surface area contributed by atoms with E-state index in [0.717, 1.165) is 40.8 Å². The molecule has 1 unspecified atom stereocenters. The van der Waals surface area contributed by atoms with Crippen LogP contribution in [0.1, 0.15) is 35.3 Å². The molecule has 1 atom stereocenters. The van der Waals surface area contributed by atoms with Gasteiger partial charge in [-0.3, -0.25) is 0 Å². The highest BCUT2D eigenvalue weighted by atomic mass is 32.1. The first-order chi connectivity index (χ1) is 10.3. The van der Waals surface area contributed by atoms with E-state index >= 15 is 0 Å². The van der Waals surface area contributed by atoms with Crippen LogP contribution in [0.5, 0.6) is 5.75 Å². The molecule has 108 valence electrons. The van der Waals surface area contributed by atoms with Gasteiger partial charge in [0.05, 0.1) is 0 Å². The molecule has 0 radical (unpaired) electrons. The van der Waals surface area contributed by atoms with Crippen molar-refractivity contribution in [1.29, 1.82) is 0 Å². The summed E-state index contributed by atoms with van der Waals surface area (Å²) in [6.07, 6.45) is 2.71. The number of aromatic nitrogens is 4. The van der Waals surface area contributed by atoms with Gasteiger partial charge < -0.3 is 9.84 Å². The highest BCUT2D eigenvalue weighted by Gasteiger charge is 2.24. The second kappa shape index (κ2) is 5.09. The maximum Gasteiger partial charge on any atom is 0.234 e. The fourth-order valence-electron chi connectivity index (χ4n) is 2.57. The van der Waals surface area contributed by atoms with Crippen molar-refractivity contribution in [1.82, 2.24) is 19.8 Å². The molecule has 1 aliphatic rings. The number of hydrogen-bond donors (Lipinski definition) is 1. The average Bonchev–Trinajstić information content (AvgIpc) is 3.14. The third-order valence-corrected chi connectivity index (χ3v) is 4.44. The number of rotatable bonds is 3. The molecule has 0 amide bonds. The molecule has 0 saturated carbocycles. The Hall–Kier alpha value is -1.99. The number of nitrogens with zero attached hydrogens (tertiary/aromatic N) is 4. The molecule has 1 fully saturated rings. The molecule has 7 heteroatoms. The van der Waals surface area contributed by atoms with Crippen molar-refractivity contribution in [2.75, 3.05) is 6.61 Å². The van der Waals surface area contributed by atoms with E-state index in [0.29, 0.717) is 6.42 Å². The Kier molecular flexibility index (Phi) is 3.08. The van der Waals surface area contributed by atoms with Gasteiger partial charge in [-0.25, -0.2) is 0 Å². The molecule has 0 spiro atoms. The number of fused-ring (bicyclic) bond motifs is 1. The first-order valence-corrected chi connectivity index (χ1v) is 7.72. The normalized spacial score (nSPS) is 18.6. The minimum absolute atomic E-state index is 0.00993. The lowest BCUT2D eigenvalue weighted by Crippen LogP contribution is -2.04. The van der Waals surface area contributed by atoms with Gasteiger partial charge in [0.15, 0.2) is 5.82 Å². The van der Waals surface area contributed by atoms with Gasteiger partial charge in [-0.15, -0.1) is 10.2 Å². The molecule has 0 aliphatic carbocycles. The number of hydrogen-bond acceptors (Lipinski definition) is 6. The summed E-state index contributed by atoms with van der Waals surface area (Å²) < 4.78 is 7.45. The predicted molar refractivity (Wildman–Crippen MR) is 77.5 cm³/mol. The number of benzene rings is 1. The van der Waals surface area contributed by atoms with Crippen molar-refractivity contribution in [3.8, 4) is 5.75 Å². The number of phenols is 1. The molecule has 2 aromatic heterocycles. The summed E-state index contributed by atoms with van der Waals surface area (Å²) in [7, 11) is 0. The summed E-state index contributed by atoms with van der Waals surface area (Å²) in [6, 6.07) is 7.23. The van der Waals surface area contributed by atoms with E-state index in [1.54, 1.807) is 16.6 Å². The van der Waals surface area contributed by atoms with E-state index in [2.05, 4.69) is 15.3 Å². The molecular weight excluding hydrogens is 288 g/mol. The van der Waals surface area contributed by atoms with Crippen LogP contribution in [0.15, 0.2) is 24.3 Å². The highest BCUT2D eigenvalue weighted by Crippen LogP contribution is 2.28. The molecular formula is C14H14N4O2S. The molecule has 3 aromatic rings. The lowest BCUT2D eigenvalue weighted by Gasteiger charge is -2.04. The van der Waals surface area contributed by atoms with Gasteiger partial charge in [0.2, 0.25) is 4.96 Å². The van der Waals surface area contributed by atoms with Crippen molar-refractivity contribution in [2.24, 2.45) is 0 Å². The van der Waals surface area contributed by atoms with Crippen LogP contribution in [0.3, 0.4) is 0 Å². The Bertz CT molecular complexity index is 776. The zero-order valence-corrected chi connectivity index (χ0v) is 12.1. The topological polar surface area (TPSA) is 72.5 Å². The minimum Gasteiger partial charge on any atom is -0.508 e. The summed E-state index contributed by atoms with van der Waals surface area (Å²) in [6.45, 7) is 0.778. The second-order valence-corrected chi connectivity index (χ2v) is 6.14. The van der Waals surface area contributed by atoms with Crippen LogP contribution in [0.4, 0.5) is 0 Å².